The quantitative estimate of drug-likeness (QED) is 0.628. The van der Waals surface area contributed by atoms with Crippen LogP contribution in [0.1, 0.15) is 8.30 Å². The Labute approximate surface area is 58.3 Å². The molecule has 0 amide bonds. The maximum Gasteiger partial charge on any atom is 0.0429 e. The van der Waals surface area contributed by atoms with Crippen molar-refractivity contribution in [2.75, 3.05) is 6.50 Å². The monoisotopic (exact) mass is 123 g/mol. The fraction of sp³-hybridized carbons (Fsp3) is 0.250. The molecule has 0 aliphatic carbocycles. The molecule has 0 saturated heterocycles. The van der Waals surface area contributed by atoms with E-state index in [-0.39, 0.29) is 6.42 Å². The van der Waals surface area contributed by atoms with Crippen LogP contribution in [0, 0.1) is 0 Å². The Kier molecular flexibility index (Phi) is 1.47. The van der Waals surface area contributed by atoms with Crippen molar-refractivity contribution >= 4 is 0 Å². The normalized spacial score (nSPS) is 14.3. The number of aryl methyl sites for hydroxylation is 1. The van der Waals surface area contributed by atoms with E-state index in [0.29, 0.717) is 0 Å². The molecule has 9 heavy (non-hydrogen) atoms. The van der Waals surface area contributed by atoms with Crippen LogP contribution in [0.2, 0.25) is 0 Å². The van der Waals surface area contributed by atoms with Crippen molar-refractivity contribution in [2.45, 2.75) is 6.42 Å². The van der Waals surface area contributed by atoms with Gasteiger partial charge in [0.2, 0.25) is 0 Å². The predicted octanol–water partition coefficient (Wildman–Crippen LogP) is 1.19. The molecule has 0 aliphatic heterocycles. The van der Waals surface area contributed by atoms with Crippen LogP contribution in [0.3, 0.4) is 0 Å². The second kappa shape index (κ2) is 3.25. The highest BCUT2D eigenvalue weighted by molar-refractivity contribution is 5.14. The second-order valence-electron chi connectivity index (χ2n) is 1.87. The average Bonchev–Trinajstić information content (AvgIpc) is 1.85. The summed E-state index contributed by atoms with van der Waals surface area (Å²) in [5.41, 5.74) is 6.13. The van der Waals surface area contributed by atoms with Crippen LogP contribution < -0.4 is 5.73 Å². The Morgan fingerprint density at radius 3 is 2.56 bits per heavy atom. The molecule has 0 saturated carbocycles. The predicted molar refractivity (Wildman–Crippen MR) is 39.2 cm³/mol. The van der Waals surface area contributed by atoms with Crippen LogP contribution in [-0.2, 0) is 6.42 Å². The zero-order valence-corrected chi connectivity index (χ0v) is 5.17. The Morgan fingerprint density at radius 2 is 2.00 bits per heavy atom. The van der Waals surface area contributed by atoms with Crippen LogP contribution in [0.25, 0.3) is 0 Å². The van der Waals surface area contributed by atoms with Crippen molar-refractivity contribution in [1.82, 2.24) is 0 Å². The summed E-state index contributed by atoms with van der Waals surface area (Å²) in [6, 6.07) is 9.38. The van der Waals surface area contributed by atoms with Gasteiger partial charge in [-0.05, 0) is 18.5 Å². The van der Waals surface area contributed by atoms with Crippen LogP contribution in [0.4, 0.5) is 0 Å². The zero-order valence-electron chi connectivity index (χ0n) is 7.17. The number of nitrogens with two attached hydrogens (primary N) is 1. The number of hydrogen-bond acceptors (Lipinski definition) is 1. The first-order valence-electron chi connectivity index (χ1n) is 3.91. The minimum absolute atomic E-state index is 0.272. The van der Waals surface area contributed by atoms with E-state index in [1.165, 1.54) is 0 Å². The maximum atomic E-state index is 7.11. The van der Waals surface area contributed by atoms with Crippen LogP contribution >= 0.6 is 0 Å². The molecule has 0 bridgehead atoms. The average molecular weight is 123 g/mol. The van der Waals surface area contributed by atoms with E-state index in [1.807, 2.05) is 30.3 Å². The van der Waals surface area contributed by atoms with Gasteiger partial charge in [-0.3, -0.25) is 0 Å². The van der Waals surface area contributed by atoms with Crippen LogP contribution in [0.5, 0.6) is 0 Å². The summed E-state index contributed by atoms with van der Waals surface area (Å²) in [5.74, 6) is 0. The van der Waals surface area contributed by atoms with Gasteiger partial charge in [0.15, 0.2) is 0 Å². The summed E-state index contributed by atoms with van der Waals surface area (Å²) in [4.78, 5) is 0. The molecular weight excluding hydrogens is 110 g/mol. The summed E-state index contributed by atoms with van der Waals surface area (Å²) in [7, 11) is 0. The molecule has 1 aromatic rings. The van der Waals surface area contributed by atoms with Gasteiger partial charge in [0.1, 0.15) is 0 Å². The SMILES string of the molecule is [2H]C([2H])(N)Cc1ccccc1. The lowest BCUT2D eigenvalue weighted by molar-refractivity contribution is 0.969. The molecule has 0 unspecified atom stereocenters. The first-order chi connectivity index (χ1) is 5.08. The van der Waals surface area contributed by atoms with E-state index in [1.54, 1.807) is 0 Å². The van der Waals surface area contributed by atoms with E-state index >= 15 is 0 Å². The molecule has 0 fully saturated rings. The highest BCUT2D eigenvalue weighted by Crippen LogP contribution is 1.96. The molecule has 0 atom stereocenters. The summed E-state index contributed by atoms with van der Waals surface area (Å²) in [5, 5.41) is 0. The van der Waals surface area contributed by atoms with Gasteiger partial charge >= 0.3 is 0 Å². The minimum Gasteiger partial charge on any atom is -0.330 e. The summed E-state index contributed by atoms with van der Waals surface area (Å²) in [6.45, 7) is -1.60. The second-order valence-corrected chi connectivity index (χ2v) is 1.87. The van der Waals surface area contributed by atoms with Gasteiger partial charge in [0, 0.05) is 2.74 Å². The molecule has 0 aromatic heterocycles. The number of rotatable bonds is 2. The zero-order chi connectivity index (χ0) is 8.32. The highest BCUT2D eigenvalue weighted by atomic mass is 14.5. The van der Waals surface area contributed by atoms with Crippen molar-refractivity contribution in [3.8, 4) is 0 Å². The number of hydrogen-bond donors (Lipinski definition) is 1. The van der Waals surface area contributed by atoms with Crippen molar-refractivity contribution in [3.05, 3.63) is 35.9 Å². The summed E-state index contributed by atoms with van der Waals surface area (Å²) < 4.78 is 14.2. The Hall–Kier alpha value is -0.820. The first-order valence-corrected chi connectivity index (χ1v) is 2.91. The van der Waals surface area contributed by atoms with E-state index in [9.17, 15) is 0 Å². The fourth-order valence-corrected chi connectivity index (χ4v) is 0.714. The molecule has 2 N–H and O–H groups in total. The molecule has 0 spiro atoms. The lowest BCUT2D eigenvalue weighted by Gasteiger charge is -1.93. The van der Waals surface area contributed by atoms with Gasteiger partial charge in [-0.25, -0.2) is 0 Å². The Balaban J connectivity index is 2.66. The smallest absolute Gasteiger partial charge is 0.0429 e. The topological polar surface area (TPSA) is 26.0 Å². The van der Waals surface area contributed by atoms with Crippen molar-refractivity contribution in [3.63, 3.8) is 0 Å². The molecule has 0 radical (unpaired) electrons. The van der Waals surface area contributed by atoms with E-state index in [0.717, 1.165) is 5.56 Å². The summed E-state index contributed by atoms with van der Waals surface area (Å²) in [6.07, 6.45) is 0.272. The van der Waals surface area contributed by atoms with Gasteiger partial charge in [-0.15, -0.1) is 0 Å². The molecule has 1 aromatic carbocycles. The molecule has 1 nitrogen and oxygen atoms in total. The molecule has 1 rings (SSSR count). The fourth-order valence-electron chi connectivity index (χ4n) is 0.714. The molecule has 1 heteroatoms. The molecule has 0 heterocycles. The van der Waals surface area contributed by atoms with Gasteiger partial charge < -0.3 is 5.73 Å². The van der Waals surface area contributed by atoms with Crippen molar-refractivity contribution in [1.29, 1.82) is 0 Å². The lowest BCUT2D eigenvalue weighted by Crippen LogP contribution is -2.01. The third-order valence-corrected chi connectivity index (χ3v) is 1.15. The van der Waals surface area contributed by atoms with E-state index in [4.69, 9.17) is 8.48 Å². The van der Waals surface area contributed by atoms with Gasteiger partial charge in [0.25, 0.3) is 0 Å². The van der Waals surface area contributed by atoms with Crippen LogP contribution in [0.15, 0.2) is 30.3 Å². The molecular formula is C8H11N. The van der Waals surface area contributed by atoms with Gasteiger partial charge in [0.05, 0.1) is 0 Å². The molecule has 0 aliphatic rings. The van der Waals surface area contributed by atoms with Gasteiger partial charge in [-0.1, -0.05) is 30.3 Å². The molecule has 48 valence electrons. The Morgan fingerprint density at radius 1 is 1.33 bits per heavy atom. The summed E-state index contributed by atoms with van der Waals surface area (Å²) >= 11 is 0. The van der Waals surface area contributed by atoms with E-state index in [2.05, 4.69) is 0 Å². The van der Waals surface area contributed by atoms with Crippen molar-refractivity contribution in [2.24, 2.45) is 5.73 Å². The maximum absolute atomic E-state index is 7.11. The first kappa shape index (κ1) is 4.07. The lowest BCUT2D eigenvalue weighted by atomic mass is 10.2. The standard InChI is InChI=1S/C8H11N/c9-7-6-8-4-2-1-3-5-8/h1-5H,6-7,9H2/i7D2. The Bertz CT molecular complexity index is 215. The largest absolute Gasteiger partial charge is 0.330 e. The van der Waals surface area contributed by atoms with Crippen molar-refractivity contribution < 1.29 is 2.74 Å². The van der Waals surface area contributed by atoms with Gasteiger partial charge in [-0.2, -0.15) is 0 Å². The third kappa shape index (κ3) is 1.86. The van der Waals surface area contributed by atoms with E-state index < -0.39 is 6.50 Å². The highest BCUT2D eigenvalue weighted by Gasteiger charge is 1.84. The third-order valence-electron chi connectivity index (χ3n) is 1.15. The minimum atomic E-state index is -1.60. The number of benzene rings is 1. The van der Waals surface area contributed by atoms with Crippen LogP contribution in [-0.4, -0.2) is 6.50 Å².